The molecule has 1 aliphatic rings. The minimum Gasteiger partial charge on any atom is -0.313 e. The fourth-order valence-corrected chi connectivity index (χ4v) is 0.571. The first kappa shape index (κ1) is 15.1. The monoisotopic (exact) mass is 215 g/mol. The summed E-state index contributed by atoms with van der Waals surface area (Å²) in [7, 11) is -1.63. The fourth-order valence-electron chi connectivity index (χ4n) is 0.571. The predicted molar refractivity (Wildman–Crippen MR) is 36.4 cm³/mol. The molecule has 8 heteroatoms. The number of hydrogen-bond donors (Lipinski definition) is 0. The summed E-state index contributed by atoms with van der Waals surface area (Å²) in [6, 6.07) is 0. The third-order valence-electron chi connectivity index (χ3n) is 1.16. The van der Waals surface area contributed by atoms with E-state index in [0.29, 0.717) is 0 Å². The van der Waals surface area contributed by atoms with Crippen LogP contribution >= 0.6 is 0 Å². The molecule has 6 nitrogen and oxygen atoms in total. The summed E-state index contributed by atoms with van der Waals surface area (Å²) in [5.74, 6) is -0.301. The van der Waals surface area contributed by atoms with E-state index in [-0.39, 0.29) is 47.8 Å². The topological polar surface area (TPSA) is 88.6 Å². The van der Waals surface area contributed by atoms with Gasteiger partial charge in [-0.15, -0.1) is 12.6 Å². The van der Waals surface area contributed by atoms with Crippen molar-refractivity contribution in [3.05, 3.63) is 6.42 Å². The van der Waals surface area contributed by atoms with Gasteiger partial charge in [0.25, 0.3) is 0 Å². The third kappa shape index (κ3) is 6.76. The first-order valence-corrected chi connectivity index (χ1v) is 3.85. The molecule has 68 valence electrons. The average molecular weight is 215 g/mol. The maximum Gasteiger partial charge on any atom is 1.00 e. The Morgan fingerprint density at radius 3 is 1.77 bits per heavy atom. The number of imide groups is 1. The SMILES string of the molecule is CN1C(=O)[CH-]CC1=O.O=S(=O)=O.[Na+]. The molecule has 0 bridgehead atoms. The van der Waals surface area contributed by atoms with Gasteiger partial charge in [0, 0.05) is 7.05 Å². The number of rotatable bonds is 0. The Hall–Kier alpha value is -0.370. The second kappa shape index (κ2) is 7.07. The molecular formula is C5H6NNaO5S. The van der Waals surface area contributed by atoms with Crippen molar-refractivity contribution < 1.29 is 51.8 Å². The molecule has 0 aliphatic carbocycles. The van der Waals surface area contributed by atoms with Gasteiger partial charge >= 0.3 is 40.2 Å². The van der Waals surface area contributed by atoms with Crippen LogP contribution in [0.1, 0.15) is 6.42 Å². The molecule has 0 saturated carbocycles. The van der Waals surface area contributed by atoms with Gasteiger partial charge in [-0.3, -0.25) is 11.2 Å². The Morgan fingerprint density at radius 1 is 1.31 bits per heavy atom. The molecule has 13 heavy (non-hydrogen) atoms. The first-order chi connectivity index (χ1) is 5.45. The van der Waals surface area contributed by atoms with Gasteiger partial charge in [-0.05, 0) is 0 Å². The Labute approximate surface area is 98.6 Å². The van der Waals surface area contributed by atoms with Gasteiger partial charge in [0.1, 0.15) is 0 Å². The Morgan fingerprint density at radius 2 is 1.69 bits per heavy atom. The Bertz CT molecular complexity index is 273. The largest absolute Gasteiger partial charge is 1.00 e. The summed E-state index contributed by atoms with van der Waals surface area (Å²) in [6.45, 7) is 0. The van der Waals surface area contributed by atoms with Crippen molar-refractivity contribution in [1.82, 2.24) is 4.90 Å². The van der Waals surface area contributed by atoms with E-state index >= 15 is 0 Å². The molecule has 0 atom stereocenters. The molecular weight excluding hydrogens is 209 g/mol. The molecule has 0 spiro atoms. The maximum atomic E-state index is 10.5. The number of amides is 2. The summed E-state index contributed by atoms with van der Waals surface area (Å²) in [4.78, 5) is 22.0. The van der Waals surface area contributed by atoms with Crippen LogP contribution in [-0.2, 0) is 20.2 Å². The zero-order chi connectivity index (χ0) is 9.72. The second-order valence-corrected chi connectivity index (χ2v) is 2.31. The minimum absolute atomic E-state index is 0. The van der Waals surface area contributed by atoms with E-state index in [4.69, 9.17) is 12.6 Å². The van der Waals surface area contributed by atoms with Crippen LogP contribution in [0.4, 0.5) is 0 Å². The smallest absolute Gasteiger partial charge is 0.313 e. The Balaban J connectivity index is 0. The normalized spacial score (nSPS) is 13.8. The molecule has 0 aromatic rings. The van der Waals surface area contributed by atoms with E-state index in [2.05, 4.69) is 0 Å². The van der Waals surface area contributed by atoms with Crippen molar-refractivity contribution in [1.29, 1.82) is 0 Å². The van der Waals surface area contributed by atoms with Crippen LogP contribution in [0.3, 0.4) is 0 Å². The van der Waals surface area contributed by atoms with E-state index in [1.54, 1.807) is 0 Å². The van der Waals surface area contributed by atoms with Gasteiger partial charge in [-0.2, -0.15) is 0 Å². The molecule has 1 rings (SSSR count). The van der Waals surface area contributed by atoms with Crippen LogP contribution in [-0.4, -0.2) is 36.4 Å². The van der Waals surface area contributed by atoms with E-state index in [0.717, 1.165) is 4.90 Å². The number of carbonyl (C=O) groups is 2. The van der Waals surface area contributed by atoms with Crippen LogP contribution in [0, 0.1) is 6.42 Å². The quantitative estimate of drug-likeness (QED) is 0.231. The van der Waals surface area contributed by atoms with Gasteiger partial charge in [0.15, 0.2) is 5.91 Å². The van der Waals surface area contributed by atoms with Crippen LogP contribution in [0.5, 0.6) is 0 Å². The van der Waals surface area contributed by atoms with Gasteiger partial charge in [0.2, 0.25) is 0 Å². The Kier molecular flexibility index (Phi) is 8.23. The van der Waals surface area contributed by atoms with Crippen molar-refractivity contribution in [3.8, 4) is 0 Å². The molecule has 0 unspecified atom stereocenters. The van der Waals surface area contributed by atoms with E-state index < -0.39 is 10.6 Å². The summed E-state index contributed by atoms with van der Waals surface area (Å²) in [5.41, 5.74) is 0. The van der Waals surface area contributed by atoms with Crippen LogP contribution in [0.15, 0.2) is 0 Å². The number of carbonyl (C=O) groups excluding carboxylic acids is 2. The van der Waals surface area contributed by atoms with Crippen molar-refractivity contribution >= 4 is 22.4 Å². The zero-order valence-electron chi connectivity index (χ0n) is 7.18. The maximum absolute atomic E-state index is 10.5. The molecule has 1 aliphatic heterocycles. The van der Waals surface area contributed by atoms with E-state index in [1.165, 1.54) is 13.5 Å². The van der Waals surface area contributed by atoms with Gasteiger partial charge in [-0.1, -0.05) is 6.42 Å². The molecule has 0 radical (unpaired) electrons. The van der Waals surface area contributed by atoms with Crippen LogP contribution in [0.25, 0.3) is 0 Å². The molecule has 2 amide bonds. The molecule has 0 N–H and O–H groups in total. The second-order valence-electron chi connectivity index (χ2n) is 1.90. The fraction of sp³-hybridized carbons (Fsp3) is 0.400. The predicted octanol–water partition coefficient (Wildman–Crippen LogP) is -4.42. The summed E-state index contributed by atoms with van der Waals surface area (Å²) >= 11 is 0. The van der Waals surface area contributed by atoms with Gasteiger partial charge in [0.05, 0.1) is 5.91 Å². The van der Waals surface area contributed by atoms with Gasteiger partial charge < -0.3 is 9.69 Å². The first-order valence-electron chi connectivity index (χ1n) is 2.85. The van der Waals surface area contributed by atoms with Crippen molar-refractivity contribution in [2.24, 2.45) is 0 Å². The van der Waals surface area contributed by atoms with Crippen molar-refractivity contribution in [2.45, 2.75) is 6.42 Å². The van der Waals surface area contributed by atoms with Crippen LogP contribution in [0.2, 0.25) is 0 Å². The van der Waals surface area contributed by atoms with Crippen molar-refractivity contribution in [2.75, 3.05) is 7.05 Å². The minimum atomic E-state index is -3.11. The molecule has 0 aromatic heterocycles. The molecule has 0 aromatic carbocycles. The number of likely N-dealkylation sites (tertiary alicyclic amines) is 1. The summed E-state index contributed by atoms with van der Waals surface area (Å²) in [5, 5.41) is 0. The van der Waals surface area contributed by atoms with Crippen LogP contribution < -0.4 is 29.6 Å². The number of nitrogens with zero attached hydrogens (tertiary/aromatic N) is 1. The third-order valence-corrected chi connectivity index (χ3v) is 1.16. The van der Waals surface area contributed by atoms with E-state index in [9.17, 15) is 9.59 Å². The molecule has 1 saturated heterocycles. The zero-order valence-corrected chi connectivity index (χ0v) is 10.00. The van der Waals surface area contributed by atoms with E-state index in [1.807, 2.05) is 0 Å². The average Bonchev–Trinajstić information content (AvgIpc) is 2.19. The van der Waals surface area contributed by atoms with Gasteiger partial charge in [-0.25, -0.2) is 0 Å². The molecule has 1 heterocycles. The summed E-state index contributed by atoms with van der Waals surface area (Å²) in [6.07, 6.45) is 1.65. The standard InChI is InChI=1S/C5H6NO2.Na.O3S/c1-6-4(7)2-3-5(6)8;;1-4(2)3/h2H,3H2,1H3;;/q-1;+1;. The number of hydrogen-bond acceptors (Lipinski definition) is 5. The van der Waals surface area contributed by atoms with Crippen molar-refractivity contribution in [3.63, 3.8) is 0 Å². The molecule has 1 fully saturated rings. The summed E-state index contributed by atoms with van der Waals surface area (Å²) < 4.78 is 25.3.